The number of rotatable bonds is 4. The van der Waals surface area contributed by atoms with E-state index in [-0.39, 0.29) is 17.3 Å². The quantitative estimate of drug-likeness (QED) is 0.811. The normalized spacial score (nSPS) is 12.3. The molecule has 0 saturated carbocycles. The molecule has 2 rings (SSSR count). The van der Waals surface area contributed by atoms with E-state index in [2.05, 4.69) is 0 Å². The van der Waals surface area contributed by atoms with Crippen molar-refractivity contribution in [1.82, 2.24) is 0 Å². The van der Waals surface area contributed by atoms with E-state index in [0.29, 0.717) is 14.9 Å². The number of hydrogen-bond donors (Lipinski definition) is 0. The van der Waals surface area contributed by atoms with E-state index in [9.17, 15) is 9.00 Å². The van der Waals surface area contributed by atoms with Gasteiger partial charge in [0.15, 0.2) is 5.76 Å². The Kier molecular flexibility index (Phi) is 4.22. The fourth-order valence-corrected chi connectivity index (χ4v) is 3.09. The summed E-state index contributed by atoms with van der Waals surface area (Å²) in [6, 6.07) is 7.73. The summed E-state index contributed by atoms with van der Waals surface area (Å²) in [6.07, 6.45) is 1.40. The minimum Gasteiger partial charge on any atom is -0.461 e. The van der Waals surface area contributed by atoms with E-state index in [1.54, 1.807) is 6.07 Å². The highest BCUT2D eigenvalue weighted by atomic mass is 35.5. The number of furan rings is 1. The molecule has 0 bridgehead atoms. The Hall–Kier alpha value is -1.10. The van der Waals surface area contributed by atoms with Gasteiger partial charge in [-0.3, -0.25) is 9.00 Å². The van der Waals surface area contributed by atoms with Crippen molar-refractivity contribution in [1.29, 1.82) is 0 Å². The summed E-state index contributed by atoms with van der Waals surface area (Å²) in [5.41, 5.74) is 0. The topological polar surface area (TPSA) is 47.3 Å². The van der Waals surface area contributed by atoms with Crippen molar-refractivity contribution in [2.45, 2.75) is 4.90 Å². The highest BCUT2D eigenvalue weighted by Gasteiger charge is 2.15. The Labute approximate surface area is 116 Å². The van der Waals surface area contributed by atoms with E-state index in [4.69, 9.17) is 27.6 Å². The summed E-state index contributed by atoms with van der Waals surface area (Å²) in [7, 11) is -1.50. The van der Waals surface area contributed by atoms with Crippen molar-refractivity contribution in [3.8, 4) is 0 Å². The molecule has 0 aliphatic heterocycles. The molecule has 6 heteroatoms. The zero-order valence-corrected chi connectivity index (χ0v) is 11.4. The van der Waals surface area contributed by atoms with E-state index < -0.39 is 10.8 Å². The Balaban J connectivity index is 2.15. The average Bonchev–Trinajstić information content (AvgIpc) is 2.80. The molecule has 1 unspecified atom stereocenters. The van der Waals surface area contributed by atoms with Gasteiger partial charge in [0.2, 0.25) is 5.78 Å². The molecule has 0 aliphatic carbocycles. The second-order valence-corrected chi connectivity index (χ2v) is 5.82. The molecule has 0 saturated heterocycles. The monoisotopic (exact) mass is 302 g/mol. The first-order valence-electron chi connectivity index (χ1n) is 4.97. The van der Waals surface area contributed by atoms with Crippen LogP contribution in [0, 0.1) is 0 Å². The lowest BCUT2D eigenvalue weighted by Crippen LogP contribution is -2.10. The van der Waals surface area contributed by atoms with Crippen LogP contribution in [0.25, 0.3) is 0 Å². The highest BCUT2D eigenvalue weighted by Crippen LogP contribution is 2.21. The van der Waals surface area contributed by atoms with Gasteiger partial charge in [0.05, 0.1) is 22.8 Å². The van der Waals surface area contributed by atoms with E-state index in [1.807, 2.05) is 0 Å². The number of carbonyl (C=O) groups is 1. The second-order valence-electron chi connectivity index (χ2n) is 3.50. The molecule has 1 aromatic carbocycles. The van der Waals surface area contributed by atoms with Crippen LogP contribution >= 0.6 is 23.2 Å². The Morgan fingerprint density at radius 1 is 1.22 bits per heavy atom. The van der Waals surface area contributed by atoms with E-state index in [0.717, 1.165) is 0 Å². The van der Waals surface area contributed by atoms with E-state index in [1.165, 1.54) is 30.5 Å². The predicted molar refractivity (Wildman–Crippen MR) is 70.8 cm³/mol. The van der Waals surface area contributed by atoms with Crippen LogP contribution in [0.4, 0.5) is 0 Å². The lowest BCUT2D eigenvalue weighted by molar-refractivity contribution is 0.0991. The number of halogens is 2. The third kappa shape index (κ3) is 3.22. The Morgan fingerprint density at radius 2 is 1.89 bits per heavy atom. The number of carbonyl (C=O) groups excluding carboxylic acids is 1. The van der Waals surface area contributed by atoms with Crippen LogP contribution in [0.1, 0.15) is 10.6 Å². The fraction of sp³-hybridized carbons (Fsp3) is 0.0833. The van der Waals surface area contributed by atoms with Gasteiger partial charge in [-0.2, -0.15) is 0 Å². The number of benzene rings is 1. The molecule has 0 N–H and O–H groups in total. The highest BCUT2D eigenvalue weighted by molar-refractivity contribution is 7.85. The zero-order valence-electron chi connectivity index (χ0n) is 9.06. The maximum atomic E-state index is 12.0. The summed E-state index contributed by atoms with van der Waals surface area (Å²) >= 11 is 11.6. The first-order chi connectivity index (χ1) is 8.56. The summed E-state index contributed by atoms with van der Waals surface area (Å²) in [4.78, 5) is 12.1. The fourth-order valence-electron chi connectivity index (χ4n) is 1.37. The molecular weight excluding hydrogens is 295 g/mol. The molecular formula is C12H8Cl2O3S. The van der Waals surface area contributed by atoms with Gasteiger partial charge in [0, 0.05) is 14.9 Å². The van der Waals surface area contributed by atoms with Crippen LogP contribution in [-0.2, 0) is 10.8 Å². The Morgan fingerprint density at radius 3 is 2.44 bits per heavy atom. The lowest BCUT2D eigenvalue weighted by atomic mass is 10.3. The van der Waals surface area contributed by atoms with Crippen LogP contribution in [0.2, 0.25) is 10.0 Å². The summed E-state index contributed by atoms with van der Waals surface area (Å²) in [5, 5.41) is 0.771. The van der Waals surface area contributed by atoms with Crippen LogP contribution in [0.3, 0.4) is 0 Å². The summed E-state index contributed by atoms with van der Waals surface area (Å²) < 4.78 is 16.9. The maximum Gasteiger partial charge on any atom is 0.210 e. The third-order valence-electron chi connectivity index (χ3n) is 2.16. The molecule has 94 valence electrons. The van der Waals surface area contributed by atoms with Crippen molar-refractivity contribution in [2.24, 2.45) is 0 Å². The maximum absolute atomic E-state index is 12.0. The predicted octanol–water partition coefficient (Wildman–Crippen LogP) is 3.58. The van der Waals surface area contributed by atoms with Gasteiger partial charge in [-0.1, -0.05) is 23.2 Å². The number of ketones is 1. The smallest absolute Gasteiger partial charge is 0.210 e. The molecule has 0 aliphatic rings. The lowest BCUT2D eigenvalue weighted by Gasteiger charge is -2.02. The molecule has 1 aromatic heterocycles. The molecule has 1 heterocycles. The number of hydrogen-bond acceptors (Lipinski definition) is 3. The molecule has 3 nitrogen and oxygen atoms in total. The van der Waals surface area contributed by atoms with Crippen LogP contribution in [-0.4, -0.2) is 15.7 Å². The van der Waals surface area contributed by atoms with Gasteiger partial charge in [0.1, 0.15) is 0 Å². The van der Waals surface area contributed by atoms with Gasteiger partial charge in [-0.25, -0.2) is 0 Å². The van der Waals surface area contributed by atoms with Gasteiger partial charge >= 0.3 is 0 Å². The van der Waals surface area contributed by atoms with Crippen molar-refractivity contribution in [3.05, 3.63) is 52.4 Å². The first kappa shape index (κ1) is 13.3. The molecule has 18 heavy (non-hydrogen) atoms. The second kappa shape index (κ2) is 5.69. The van der Waals surface area contributed by atoms with Crippen molar-refractivity contribution in [2.75, 3.05) is 5.75 Å². The molecule has 0 amide bonds. The average molecular weight is 303 g/mol. The SMILES string of the molecule is O=C(CS(=O)c1cc(Cl)cc(Cl)c1)c1ccco1. The van der Waals surface area contributed by atoms with Crippen molar-refractivity contribution < 1.29 is 13.4 Å². The zero-order chi connectivity index (χ0) is 13.1. The molecule has 2 aromatic rings. The van der Waals surface area contributed by atoms with Gasteiger partial charge < -0.3 is 4.42 Å². The molecule has 0 radical (unpaired) electrons. The summed E-state index contributed by atoms with van der Waals surface area (Å²) in [5.74, 6) is -0.296. The van der Waals surface area contributed by atoms with Crippen LogP contribution in [0.5, 0.6) is 0 Å². The van der Waals surface area contributed by atoms with Crippen molar-refractivity contribution in [3.63, 3.8) is 0 Å². The van der Waals surface area contributed by atoms with Gasteiger partial charge in [0.25, 0.3) is 0 Å². The first-order valence-corrected chi connectivity index (χ1v) is 7.05. The molecule has 1 atom stereocenters. The standard InChI is InChI=1S/C12H8Cl2O3S/c13-8-4-9(14)6-10(5-8)18(16)7-11(15)12-2-1-3-17-12/h1-6H,7H2. The van der Waals surface area contributed by atoms with E-state index >= 15 is 0 Å². The Bertz CT molecular complexity index is 573. The minimum atomic E-state index is -1.50. The number of Topliss-reactive ketones (excluding diaryl/α,β-unsaturated/α-hetero) is 1. The molecule has 0 fully saturated rings. The van der Waals surface area contributed by atoms with Crippen LogP contribution < -0.4 is 0 Å². The minimum absolute atomic E-state index is 0.163. The van der Waals surface area contributed by atoms with Crippen LogP contribution in [0.15, 0.2) is 45.9 Å². The van der Waals surface area contributed by atoms with Gasteiger partial charge in [-0.05, 0) is 30.3 Å². The largest absolute Gasteiger partial charge is 0.461 e. The third-order valence-corrected chi connectivity index (χ3v) is 3.88. The van der Waals surface area contributed by atoms with Crippen molar-refractivity contribution >= 4 is 39.8 Å². The van der Waals surface area contributed by atoms with Gasteiger partial charge in [-0.15, -0.1) is 0 Å². The molecule has 0 spiro atoms. The summed E-state index contributed by atoms with van der Waals surface area (Å²) in [6.45, 7) is 0.